The number of nitrogens with two attached hydrogens (primary N) is 3. The second-order valence-corrected chi connectivity index (χ2v) is 13.5. The highest BCUT2D eigenvalue weighted by molar-refractivity contribution is 8.08. The first-order chi connectivity index (χ1) is 20.1. The van der Waals surface area contributed by atoms with E-state index in [1.165, 1.54) is 19.0 Å². The van der Waals surface area contributed by atoms with Gasteiger partial charge >= 0.3 is 8.18 Å². The molecule has 2 saturated heterocycles. The van der Waals surface area contributed by atoms with Gasteiger partial charge in [0.2, 0.25) is 5.95 Å². The van der Waals surface area contributed by atoms with Gasteiger partial charge in [-0.05, 0) is 29.2 Å². The Kier molecular flexibility index (Phi) is 8.01. The fraction of sp³-hybridized carbons (Fsp3) is 0.500. The monoisotopic (exact) mass is 641 g/mol. The highest BCUT2D eigenvalue weighted by atomic mass is 32.5. The molecule has 7 atom stereocenters. The zero-order valence-electron chi connectivity index (χ0n) is 21.7. The molecule has 224 valence electrons. The molecule has 2 aliphatic heterocycles. The lowest BCUT2D eigenvalue weighted by atomic mass is 10.1. The number of nitrogens with one attached hydrogen (secondary N) is 2. The maximum atomic E-state index is 12.1. The van der Waals surface area contributed by atoms with Crippen LogP contribution in [0.3, 0.4) is 0 Å². The van der Waals surface area contributed by atoms with Gasteiger partial charge in [-0.25, -0.2) is 25.0 Å². The second kappa shape index (κ2) is 11.6. The zero-order valence-corrected chi connectivity index (χ0v) is 24.3. The SMILES string of the molecule is Nc1nc2c(ncn2[C@H]2CC[C@@H](COP(O)(=S)N[C@H]3C[C@H](n4cnc5c(N)ncnc54)O[C@@H]3CO[P+](N)=O)O2)c(=O)[nH]1. The average Bonchev–Trinajstić information content (AvgIpc) is 3.71. The van der Waals surface area contributed by atoms with E-state index in [0.29, 0.717) is 36.1 Å². The Morgan fingerprint density at radius 3 is 2.67 bits per heavy atom. The van der Waals surface area contributed by atoms with E-state index in [1.807, 2.05) is 0 Å². The van der Waals surface area contributed by atoms with Gasteiger partial charge in [0, 0.05) is 12.5 Å². The number of nitrogens with zero attached hydrogens (tertiary/aromatic N) is 7. The molecule has 19 nitrogen and oxygen atoms in total. The number of ether oxygens (including phenoxy) is 2. The van der Waals surface area contributed by atoms with Crippen LogP contribution in [0.5, 0.6) is 0 Å². The van der Waals surface area contributed by atoms with Gasteiger partial charge in [0.15, 0.2) is 22.6 Å². The number of aromatic nitrogens is 8. The van der Waals surface area contributed by atoms with E-state index in [4.69, 9.17) is 47.3 Å². The number of rotatable bonds is 10. The van der Waals surface area contributed by atoms with Gasteiger partial charge in [-0.3, -0.25) is 18.9 Å². The van der Waals surface area contributed by atoms with Crippen LogP contribution in [0.25, 0.3) is 22.3 Å². The number of H-pyrrole nitrogens is 1. The molecule has 0 radical (unpaired) electrons. The van der Waals surface area contributed by atoms with E-state index in [-0.39, 0.29) is 30.5 Å². The molecule has 2 unspecified atom stereocenters. The summed E-state index contributed by atoms with van der Waals surface area (Å²) in [4.78, 5) is 46.3. The molecular formula is C20H27N12O7P2S+. The van der Waals surface area contributed by atoms with Crippen molar-refractivity contribution in [3.63, 3.8) is 0 Å². The summed E-state index contributed by atoms with van der Waals surface area (Å²) in [5, 5.41) is 2.97. The molecule has 0 saturated carbocycles. The fourth-order valence-electron chi connectivity index (χ4n) is 5.02. The Bertz CT molecular complexity index is 1750. The molecule has 0 spiro atoms. The molecule has 0 amide bonds. The molecule has 2 aliphatic rings. The first-order valence-corrected chi connectivity index (χ1v) is 16.6. The lowest BCUT2D eigenvalue weighted by Crippen LogP contribution is -2.37. The Morgan fingerprint density at radius 2 is 1.88 bits per heavy atom. The van der Waals surface area contributed by atoms with Gasteiger partial charge in [-0.2, -0.15) is 4.98 Å². The standard InChI is InChI=1S/C20H26N12O7P2S/c21-16-14-17(25-6-24-16)32(7-26-14)13-3-10(11(39-13)5-36-40(23)34)30-41(35,42)37-4-9-1-2-12(38-9)31-8-27-15-18(31)28-20(22)29-19(15)33/h6-13H,1-5H2,(H8-,21,22,23,24,25,28,29,30,33,34,35,42)/p+1/t9-,10-,11+,12+,13+,41?/m0/s1. The summed E-state index contributed by atoms with van der Waals surface area (Å²) >= 11 is 5.40. The Morgan fingerprint density at radius 1 is 1.12 bits per heavy atom. The van der Waals surface area contributed by atoms with Crippen LogP contribution >= 0.6 is 14.8 Å². The topological polar surface area (TPSA) is 271 Å². The van der Waals surface area contributed by atoms with Crippen LogP contribution in [0.4, 0.5) is 11.8 Å². The molecule has 42 heavy (non-hydrogen) atoms. The van der Waals surface area contributed by atoms with E-state index >= 15 is 0 Å². The molecule has 0 aromatic carbocycles. The van der Waals surface area contributed by atoms with Crippen molar-refractivity contribution < 1.29 is 28.0 Å². The van der Waals surface area contributed by atoms with Crippen LogP contribution in [0.2, 0.25) is 0 Å². The van der Waals surface area contributed by atoms with Crippen LogP contribution in [-0.2, 0) is 34.9 Å². The van der Waals surface area contributed by atoms with Crippen molar-refractivity contribution in [1.29, 1.82) is 0 Å². The highest BCUT2D eigenvalue weighted by Crippen LogP contribution is 2.44. The largest absolute Gasteiger partial charge is 0.610 e. The van der Waals surface area contributed by atoms with Crippen LogP contribution in [0.1, 0.15) is 31.7 Å². The average molecular weight is 642 g/mol. The van der Waals surface area contributed by atoms with Crippen molar-refractivity contribution >= 4 is 60.7 Å². The van der Waals surface area contributed by atoms with E-state index in [2.05, 4.69) is 35.0 Å². The molecule has 0 bridgehead atoms. The van der Waals surface area contributed by atoms with Crippen molar-refractivity contribution in [2.75, 3.05) is 24.7 Å². The summed E-state index contributed by atoms with van der Waals surface area (Å²) in [6.45, 7) is -3.71. The van der Waals surface area contributed by atoms with Crippen molar-refractivity contribution in [3.05, 3.63) is 29.3 Å². The molecule has 4 aromatic rings. The van der Waals surface area contributed by atoms with Gasteiger partial charge in [0.25, 0.3) is 12.2 Å². The quantitative estimate of drug-likeness (QED) is 0.123. The molecule has 0 aliphatic carbocycles. The molecule has 2 fully saturated rings. The normalized spacial score (nSPS) is 26.2. The predicted molar refractivity (Wildman–Crippen MR) is 151 cm³/mol. The Labute approximate surface area is 242 Å². The smallest absolute Gasteiger partial charge is 0.382 e. The van der Waals surface area contributed by atoms with E-state index in [9.17, 15) is 14.3 Å². The second-order valence-electron chi connectivity index (χ2n) is 9.65. The highest BCUT2D eigenvalue weighted by Gasteiger charge is 2.41. The molecular weight excluding hydrogens is 614 g/mol. The van der Waals surface area contributed by atoms with Gasteiger partial charge in [-0.15, -0.1) is 4.52 Å². The van der Waals surface area contributed by atoms with E-state index < -0.39 is 51.1 Å². The summed E-state index contributed by atoms with van der Waals surface area (Å²) in [5.41, 5.74) is 17.8. The fourth-order valence-corrected chi connectivity index (χ4v) is 7.03. The van der Waals surface area contributed by atoms with Crippen LogP contribution in [-0.4, -0.2) is 75.4 Å². The third kappa shape index (κ3) is 5.91. The van der Waals surface area contributed by atoms with E-state index in [1.54, 1.807) is 9.13 Å². The van der Waals surface area contributed by atoms with E-state index in [0.717, 1.165) is 0 Å². The molecule has 22 heteroatoms. The van der Waals surface area contributed by atoms with Crippen molar-refractivity contribution in [1.82, 2.24) is 44.1 Å². The van der Waals surface area contributed by atoms with Crippen molar-refractivity contribution in [2.45, 2.75) is 50.0 Å². The third-order valence-corrected chi connectivity index (χ3v) is 9.10. The minimum Gasteiger partial charge on any atom is -0.382 e. The first kappa shape index (κ1) is 29.1. The van der Waals surface area contributed by atoms with Crippen molar-refractivity contribution in [2.24, 2.45) is 5.50 Å². The molecule has 9 N–H and O–H groups in total. The third-order valence-electron chi connectivity index (χ3n) is 6.91. The Hall–Kier alpha value is -3.03. The Balaban J connectivity index is 1.10. The van der Waals surface area contributed by atoms with Gasteiger partial charge in [-0.1, -0.05) is 5.50 Å². The first-order valence-electron chi connectivity index (χ1n) is 12.6. The number of aromatic amines is 1. The lowest BCUT2D eigenvalue weighted by Gasteiger charge is -2.25. The summed E-state index contributed by atoms with van der Waals surface area (Å²) in [6.07, 6.45) is 3.62. The van der Waals surface area contributed by atoms with Crippen LogP contribution < -0.4 is 27.6 Å². The minimum absolute atomic E-state index is 0.00472. The number of hydrogen-bond donors (Lipinski definition) is 6. The number of imidazole rings is 2. The lowest BCUT2D eigenvalue weighted by molar-refractivity contribution is -0.0200. The van der Waals surface area contributed by atoms with Crippen molar-refractivity contribution in [3.8, 4) is 0 Å². The minimum atomic E-state index is -3.57. The predicted octanol–water partition coefficient (Wildman–Crippen LogP) is -0.0867. The van der Waals surface area contributed by atoms with Crippen LogP contribution in [0.15, 0.2) is 23.8 Å². The van der Waals surface area contributed by atoms with Crippen LogP contribution in [0, 0.1) is 0 Å². The van der Waals surface area contributed by atoms with Gasteiger partial charge in [0.05, 0.1) is 25.4 Å². The molecule has 6 rings (SSSR count). The molecule has 6 heterocycles. The summed E-state index contributed by atoms with van der Waals surface area (Å²) in [6, 6.07) is -0.568. The summed E-state index contributed by atoms with van der Waals surface area (Å²) < 4.78 is 37.8. The van der Waals surface area contributed by atoms with Gasteiger partial charge in [0.1, 0.15) is 37.0 Å². The number of hydrogen-bond acceptors (Lipinski definition) is 14. The number of nitrogen functional groups attached to an aromatic ring is 2. The maximum Gasteiger partial charge on any atom is 0.610 e. The molecule has 4 aromatic heterocycles. The maximum absolute atomic E-state index is 12.1. The summed E-state index contributed by atoms with van der Waals surface area (Å²) in [5.74, 6) is 0.190. The number of fused-ring (bicyclic) bond motifs is 2. The zero-order chi connectivity index (χ0) is 29.6. The van der Waals surface area contributed by atoms with Gasteiger partial charge < -0.3 is 30.4 Å². The number of anilines is 2. The summed E-state index contributed by atoms with van der Waals surface area (Å²) in [7, 11) is -2.39.